The summed E-state index contributed by atoms with van der Waals surface area (Å²) in [6, 6.07) is 4.54. The van der Waals surface area contributed by atoms with Crippen LogP contribution in [0.1, 0.15) is 45.6 Å². The largest absolute Gasteiger partial charge is 0.271 e. The van der Waals surface area contributed by atoms with Crippen molar-refractivity contribution in [3.63, 3.8) is 0 Å². The van der Waals surface area contributed by atoms with Gasteiger partial charge in [-0.15, -0.1) is 0 Å². The maximum absolute atomic E-state index is 5.60. The van der Waals surface area contributed by atoms with Crippen molar-refractivity contribution >= 4 is 0 Å². The molecule has 3 N–H and O–H groups in total. The smallest absolute Gasteiger partial charge is 0.0270 e. The molecule has 1 heterocycles. The number of aromatic nitrogens is 1. The van der Waals surface area contributed by atoms with Crippen LogP contribution in [-0.2, 0) is 6.42 Å². The Bertz CT molecular complexity index is 303. The minimum absolute atomic E-state index is 0.381. The molecule has 0 aromatic carbocycles. The number of hydrogen-bond donors (Lipinski definition) is 2. The molecule has 1 aromatic heterocycles. The maximum atomic E-state index is 5.60. The Morgan fingerprint density at radius 2 is 1.88 bits per heavy atom. The highest BCUT2D eigenvalue weighted by molar-refractivity contribution is 5.09. The summed E-state index contributed by atoms with van der Waals surface area (Å²) in [5, 5.41) is 0. The average molecular weight is 235 g/mol. The molecule has 0 saturated heterocycles. The minimum atomic E-state index is 0.381. The predicted octanol–water partition coefficient (Wildman–Crippen LogP) is 2.67. The van der Waals surface area contributed by atoms with Gasteiger partial charge in [-0.3, -0.25) is 16.3 Å². The highest BCUT2D eigenvalue weighted by Crippen LogP contribution is 2.22. The second-order valence-electron chi connectivity index (χ2n) is 5.86. The van der Waals surface area contributed by atoms with E-state index in [1.54, 1.807) is 0 Å². The van der Waals surface area contributed by atoms with Crippen molar-refractivity contribution in [2.45, 2.75) is 52.5 Å². The van der Waals surface area contributed by atoms with Gasteiger partial charge in [0, 0.05) is 18.4 Å². The topological polar surface area (TPSA) is 50.9 Å². The number of nitrogens with zero attached hydrogens (tertiary/aromatic N) is 1. The van der Waals surface area contributed by atoms with Gasteiger partial charge >= 0.3 is 0 Å². The molecular weight excluding hydrogens is 210 g/mol. The number of nitrogens with two attached hydrogens (primary N) is 1. The van der Waals surface area contributed by atoms with Crippen LogP contribution in [0.3, 0.4) is 0 Å². The van der Waals surface area contributed by atoms with E-state index >= 15 is 0 Å². The lowest BCUT2D eigenvalue weighted by atomic mass is 9.87. The summed E-state index contributed by atoms with van der Waals surface area (Å²) in [6.45, 7) is 6.80. The predicted molar refractivity (Wildman–Crippen MR) is 72.4 cm³/mol. The van der Waals surface area contributed by atoms with E-state index in [2.05, 4.69) is 43.3 Å². The van der Waals surface area contributed by atoms with Gasteiger partial charge in [0.05, 0.1) is 0 Å². The summed E-state index contributed by atoms with van der Waals surface area (Å²) in [4.78, 5) is 4.02. The Labute approximate surface area is 105 Å². The van der Waals surface area contributed by atoms with Crippen molar-refractivity contribution in [2.75, 3.05) is 0 Å². The lowest BCUT2D eigenvalue weighted by Gasteiger charge is -2.22. The van der Waals surface area contributed by atoms with E-state index < -0.39 is 0 Å². The SMILES string of the molecule is CC(C)(C)CCC(CCc1ccncc1)NN. The first-order valence-corrected chi connectivity index (χ1v) is 6.36. The lowest BCUT2D eigenvalue weighted by Crippen LogP contribution is -2.36. The van der Waals surface area contributed by atoms with Crippen LogP contribution >= 0.6 is 0 Å². The van der Waals surface area contributed by atoms with Gasteiger partial charge in [-0.1, -0.05) is 20.8 Å². The number of aryl methyl sites for hydroxylation is 1. The molecule has 0 aliphatic heterocycles. The Morgan fingerprint density at radius 1 is 1.24 bits per heavy atom. The molecule has 96 valence electrons. The highest BCUT2D eigenvalue weighted by Gasteiger charge is 2.14. The van der Waals surface area contributed by atoms with Gasteiger partial charge in [-0.2, -0.15) is 0 Å². The molecule has 0 amide bonds. The van der Waals surface area contributed by atoms with E-state index in [1.807, 2.05) is 12.4 Å². The molecule has 0 radical (unpaired) electrons. The van der Waals surface area contributed by atoms with Crippen molar-refractivity contribution in [1.29, 1.82) is 0 Å². The average Bonchev–Trinajstić information content (AvgIpc) is 2.29. The Hall–Kier alpha value is -0.930. The van der Waals surface area contributed by atoms with Crippen molar-refractivity contribution in [3.05, 3.63) is 30.1 Å². The summed E-state index contributed by atoms with van der Waals surface area (Å²) in [6.07, 6.45) is 8.14. The maximum Gasteiger partial charge on any atom is 0.0270 e. The zero-order chi connectivity index (χ0) is 12.7. The fourth-order valence-electron chi connectivity index (χ4n) is 1.81. The molecular formula is C14H25N3. The molecule has 0 saturated carbocycles. The Balaban J connectivity index is 2.33. The van der Waals surface area contributed by atoms with Crippen LogP contribution in [0.5, 0.6) is 0 Å². The van der Waals surface area contributed by atoms with Crippen LogP contribution in [-0.4, -0.2) is 11.0 Å². The van der Waals surface area contributed by atoms with E-state index in [-0.39, 0.29) is 0 Å². The number of hydrogen-bond acceptors (Lipinski definition) is 3. The van der Waals surface area contributed by atoms with Crippen LogP contribution < -0.4 is 11.3 Å². The summed E-state index contributed by atoms with van der Waals surface area (Å²) < 4.78 is 0. The van der Waals surface area contributed by atoms with Crippen molar-refractivity contribution in [2.24, 2.45) is 11.3 Å². The molecule has 1 rings (SSSR count). The molecule has 1 aromatic rings. The molecule has 3 nitrogen and oxygen atoms in total. The minimum Gasteiger partial charge on any atom is -0.271 e. The quantitative estimate of drug-likeness (QED) is 0.589. The van der Waals surface area contributed by atoms with Crippen LogP contribution in [0.2, 0.25) is 0 Å². The zero-order valence-electron chi connectivity index (χ0n) is 11.2. The summed E-state index contributed by atoms with van der Waals surface area (Å²) in [7, 11) is 0. The lowest BCUT2D eigenvalue weighted by molar-refractivity contribution is 0.324. The molecule has 3 heteroatoms. The molecule has 0 bridgehead atoms. The van der Waals surface area contributed by atoms with Crippen LogP contribution in [0.25, 0.3) is 0 Å². The monoisotopic (exact) mass is 235 g/mol. The number of pyridine rings is 1. The van der Waals surface area contributed by atoms with Gasteiger partial charge in [0.2, 0.25) is 0 Å². The van der Waals surface area contributed by atoms with Crippen LogP contribution in [0, 0.1) is 5.41 Å². The third kappa shape index (κ3) is 6.39. The van der Waals surface area contributed by atoms with E-state index in [9.17, 15) is 0 Å². The second-order valence-corrected chi connectivity index (χ2v) is 5.86. The van der Waals surface area contributed by atoms with Gasteiger partial charge in [0.15, 0.2) is 0 Å². The van der Waals surface area contributed by atoms with Crippen molar-refractivity contribution in [1.82, 2.24) is 10.4 Å². The van der Waals surface area contributed by atoms with E-state index in [4.69, 9.17) is 5.84 Å². The van der Waals surface area contributed by atoms with Gasteiger partial charge in [-0.05, 0) is 48.8 Å². The zero-order valence-corrected chi connectivity index (χ0v) is 11.2. The third-order valence-electron chi connectivity index (χ3n) is 3.01. The van der Waals surface area contributed by atoms with Crippen LogP contribution in [0.4, 0.5) is 0 Å². The fourth-order valence-corrected chi connectivity index (χ4v) is 1.81. The number of rotatable bonds is 6. The highest BCUT2D eigenvalue weighted by atomic mass is 15.2. The summed E-state index contributed by atoms with van der Waals surface area (Å²) in [5.41, 5.74) is 4.64. The van der Waals surface area contributed by atoms with Gasteiger partial charge in [0.25, 0.3) is 0 Å². The number of hydrazine groups is 1. The Morgan fingerprint density at radius 3 is 2.41 bits per heavy atom. The standard InChI is InChI=1S/C14H25N3/c1-14(2,3)9-6-13(17-15)5-4-12-7-10-16-11-8-12/h7-8,10-11,13,17H,4-6,9,15H2,1-3H3. The molecule has 17 heavy (non-hydrogen) atoms. The van der Waals surface area contributed by atoms with Gasteiger partial charge in [0.1, 0.15) is 0 Å². The van der Waals surface area contributed by atoms with Crippen molar-refractivity contribution < 1.29 is 0 Å². The molecule has 1 unspecified atom stereocenters. The first-order valence-electron chi connectivity index (χ1n) is 6.36. The summed E-state index contributed by atoms with van der Waals surface area (Å²) >= 11 is 0. The molecule has 0 spiro atoms. The number of nitrogens with one attached hydrogen (secondary N) is 1. The third-order valence-corrected chi connectivity index (χ3v) is 3.01. The second kappa shape index (κ2) is 6.72. The molecule has 1 atom stereocenters. The van der Waals surface area contributed by atoms with E-state index in [1.165, 1.54) is 12.0 Å². The summed E-state index contributed by atoms with van der Waals surface area (Å²) in [5.74, 6) is 5.60. The van der Waals surface area contributed by atoms with E-state index in [0.29, 0.717) is 11.5 Å². The molecule has 0 fully saturated rings. The van der Waals surface area contributed by atoms with E-state index in [0.717, 1.165) is 19.3 Å². The van der Waals surface area contributed by atoms with Gasteiger partial charge in [-0.25, -0.2) is 0 Å². The first kappa shape index (κ1) is 14.1. The van der Waals surface area contributed by atoms with Crippen LogP contribution in [0.15, 0.2) is 24.5 Å². The molecule has 0 aliphatic rings. The first-order chi connectivity index (χ1) is 8.01. The Kier molecular flexibility index (Phi) is 5.59. The van der Waals surface area contributed by atoms with Crippen molar-refractivity contribution in [3.8, 4) is 0 Å². The van der Waals surface area contributed by atoms with Gasteiger partial charge < -0.3 is 0 Å². The molecule has 0 aliphatic carbocycles. The normalized spacial score (nSPS) is 13.6. The fraction of sp³-hybridized carbons (Fsp3) is 0.643.